The van der Waals surface area contributed by atoms with Crippen molar-refractivity contribution < 1.29 is 14.3 Å². The van der Waals surface area contributed by atoms with Gasteiger partial charge in [0.2, 0.25) is 0 Å². The first-order chi connectivity index (χ1) is 9.73. The topological polar surface area (TPSA) is 64.8 Å². The largest absolute Gasteiger partial charge is 0.495 e. The van der Waals surface area contributed by atoms with Gasteiger partial charge in [-0.15, -0.1) is 0 Å². The molecule has 0 aliphatic carbocycles. The highest BCUT2D eigenvalue weighted by Gasteiger charge is 2.31. The second-order valence-corrected chi connectivity index (χ2v) is 6.39. The Morgan fingerprint density at radius 1 is 1.38 bits per heavy atom. The lowest BCUT2D eigenvalue weighted by atomic mass is 9.93. The van der Waals surface area contributed by atoms with Gasteiger partial charge in [0.25, 0.3) is 0 Å². The first kappa shape index (κ1) is 15.5. The molecule has 1 heterocycles. The number of nitrogen functional groups attached to an aromatic ring is 1. The van der Waals surface area contributed by atoms with Crippen LogP contribution in [0.4, 0.5) is 10.5 Å². The Hall–Kier alpha value is -1.91. The summed E-state index contributed by atoms with van der Waals surface area (Å²) in [7, 11) is 1.59. The van der Waals surface area contributed by atoms with E-state index in [2.05, 4.69) is 0 Å². The molecule has 1 aromatic carbocycles. The molecule has 2 rings (SSSR count). The minimum atomic E-state index is -0.490. The molecule has 0 saturated carbocycles. The van der Waals surface area contributed by atoms with Crippen molar-refractivity contribution in [1.82, 2.24) is 4.90 Å². The fraction of sp³-hybridized carbons (Fsp3) is 0.562. The van der Waals surface area contributed by atoms with Crippen molar-refractivity contribution >= 4 is 11.8 Å². The van der Waals surface area contributed by atoms with E-state index in [1.165, 1.54) is 5.56 Å². The summed E-state index contributed by atoms with van der Waals surface area (Å²) in [5, 5.41) is 0. The van der Waals surface area contributed by atoms with Gasteiger partial charge in [-0.1, -0.05) is 0 Å². The Balaban J connectivity index is 2.27. The summed E-state index contributed by atoms with van der Waals surface area (Å²) in [4.78, 5) is 14.1. The van der Waals surface area contributed by atoms with Crippen molar-refractivity contribution in [3.8, 4) is 5.75 Å². The van der Waals surface area contributed by atoms with E-state index < -0.39 is 5.60 Å². The first-order valence-corrected chi connectivity index (χ1v) is 7.19. The zero-order valence-corrected chi connectivity index (χ0v) is 13.4. The SMILES string of the molecule is COc1cc2c(cc1N)CCN(C(=O)OC(C)(C)C)C2C. The van der Waals surface area contributed by atoms with Crippen LogP contribution in [0.3, 0.4) is 0 Å². The lowest BCUT2D eigenvalue weighted by Gasteiger charge is -2.36. The minimum absolute atomic E-state index is 0.0573. The Morgan fingerprint density at radius 3 is 2.62 bits per heavy atom. The van der Waals surface area contributed by atoms with Gasteiger partial charge < -0.3 is 20.1 Å². The summed E-state index contributed by atoms with van der Waals surface area (Å²) in [6.45, 7) is 8.25. The lowest BCUT2D eigenvalue weighted by molar-refractivity contribution is 0.0159. The highest BCUT2D eigenvalue weighted by Crippen LogP contribution is 2.36. The predicted octanol–water partition coefficient (Wildman–Crippen LogP) is 3.13. The maximum atomic E-state index is 12.3. The Bertz CT molecular complexity index is 549. The number of nitrogens with zero attached hydrogens (tertiary/aromatic N) is 1. The van der Waals surface area contributed by atoms with Crippen LogP contribution in [0.2, 0.25) is 0 Å². The zero-order chi connectivity index (χ0) is 15.8. The van der Waals surface area contributed by atoms with Crippen LogP contribution >= 0.6 is 0 Å². The summed E-state index contributed by atoms with van der Waals surface area (Å²) in [5.41, 5.74) is 8.33. The predicted molar refractivity (Wildman–Crippen MR) is 82.5 cm³/mol. The quantitative estimate of drug-likeness (QED) is 0.808. The van der Waals surface area contributed by atoms with Crippen LogP contribution in [-0.2, 0) is 11.2 Å². The average Bonchev–Trinajstić information content (AvgIpc) is 2.36. The third kappa shape index (κ3) is 3.23. The summed E-state index contributed by atoms with van der Waals surface area (Å²) in [6, 6.07) is 3.81. The fourth-order valence-electron chi connectivity index (χ4n) is 2.61. The Kier molecular flexibility index (Phi) is 4.03. The number of fused-ring (bicyclic) bond motifs is 1. The zero-order valence-electron chi connectivity index (χ0n) is 13.4. The van der Waals surface area contributed by atoms with Crippen LogP contribution in [0.25, 0.3) is 0 Å². The number of amides is 1. The molecule has 1 amide bonds. The molecule has 1 aliphatic rings. The standard InChI is InChI=1S/C16H24N2O3/c1-10-12-9-14(20-5)13(17)8-11(12)6-7-18(10)15(19)21-16(2,3)4/h8-10H,6-7,17H2,1-5H3. The molecule has 1 aromatic rings. The summed E-state index contributed by atoms with van der Waals surface area (Å²) < 4.78 is 10.7. The number of ether oxygens (including phenoxy) is 2. The van der Waals surface area contributed by atoms with E-state index >= 15 is 0 Å². The van der Waals surface area contributed by atoms with E-state index in [1.54, 1.807) is 12.0 Å². The number of carbonyl (C=O) groups excluding carboxylic acids is 1. The number of anilines is 1. The van der Waals surface area contributed by atoms with Crippen molar-refractivity contribution in [2.24, 2.45) is 0 Å². The van der Waals surface area contributed by atoms with Crippen LogP contribution in [0.15, 0.2) is 12.1 Å². The number of carbonyl (C=O) groups is 1. The van der Waals surface area contributed by atoms with Gasteiger partial charge in [0, 0.05) is 6.54 Å². The first-order valence-electron chi connectivity index (χ1n) is 7.19. The van der Waals surface area contributed by atoms with Crippen molar-refractivity contribution in [2.75, 3.05) is 19.4 Å². The number of nitrogens with two attached hydrogens (primary N) is 1. The molecule has 116 valence electrons. The van der Waals surface area contributed by atoms with Gasteiger partial charge in [-0.2, -0.15) is 0 Å². The average molecular weight is 292 g/mol. The van der Waals surface area contributed by atoms with E-state index in [4.69, 9.17) is 15.2 Å². The monoisotopic (exact) mass is 292 g/mol. The second kappa shape index (κ2) is 5.47. The van der Waals surface area contributed by atoms with E-state index in [9.17, 15) is 4.79 Å². The highest BCUT2D eigenvalue weighted by molar-refractivity contribution is 5.70. The summed E-state index contributed by atoms with van der Waals surface area (Å²) >= 11 is 0. The molecule has 21 heavy (non-hydrogen) atoms. The van der Waals surface area contributed by atoms with Crippen LogP contribution < -0.4 is 10.5 Å². The third-order valence-electron chi connectivity index (χ3n) is 3.66. The highest BCUT2D eigenvalue weighted by atomic mass is 16.6. The molecule has 1 unspecified atom stereocenters. The normalized spacial score (nSPS) is 18.1. The maximum absolute atomic E-state index is 12.3. The van der Waals surface area contributed by atoms with Gasteiger partial charge in [0.05, 0.1) is 18.8 Å². The van der Waals surface area contributed by atoms with E-state index in [0.717, 1.165) is 12.0 Å². The smallest absolute Gasteiger partial charge is 0.410 e. The third-order valence-corrected chi connectivity index (χ3v) is 3.66. The molecule has 5 heteroatoms. The molecule has 0 bridgehead atoms. The molecule has 5 nitrogen and oxygen atoms in total. The lowest BCUT2D eigenvalue weighted by Crippen LogP contribution is -2.42. The van der Waals surface area contributed by atoms with Crippen molar-refractivity contribution in [3.05, 3.63) is 23.3 Å². The number of benzene rings is 1. The number of hydrogen-bond donors (Lipinski definition) is 1. The molecule has 2 N–H and O–H groups in total. The molecule has 0 aromatic heterocycles. The van der Waals surface area contributed by atoms with Crippen molar-refractivity contribution in [3.63, 3.8) is 0 Å². The number of rotatable bonds is 1. The van der Waals surface area contributed by atoms with Crippen LogP contribution in [0, 0.1) is 0 Å². The van der Waals surface area contributed by atoms with Crippen LogP contribution in [0.1, 0.15) is 44.9 Å². The van der Waals surface area contributed by atoms with Gasteiger partial charge in [0.1, 0.15) is 11.4 Å². The number of methoxy groups -OCH3 is 1. The summed E-state index contributed by atoms with van der Waals surface area (Å²) in [6.07, 6.45) is 0.490. The Morgan fingerprint density at radius 2 is 2.05 bits per heavy atom. The van der Waals surface area contributed by atoms with Gasteiger partial charge in [-0.05, 0) is 57.4 Å². The van der Waals surface area contributed by atoms with Crippen LogP contribution in [-0.4, -0.2) is 30.2 Å². The molecular weight excluding hydrogens is 268 g/mol. The van der Waals surface area contributed by atoms with Crippen molar-refractivity contribution in [1.29, 1.82) is 0 Å². The summed E-state index contributed by atoms with van der Waals surface area (Å²) in [5.74, 6) is 0.645. The van der Waals surface area contributed by atoms with Gasteiger partial charge in [0.15, 0.2) is 0 Å². The number of hydrogen-bond acceptors (Lipinski definition) is 4. The fourth-order valence-corrected chi connectivity index (χ4v) is 2.61. The second-order valence-electron chi connectivity index (χ2n) is 6.39. The molecule has 1 aliphatic heterocycles. The molecule has 0 fully saturated rings. The van der Waals surface area contributed by atoms with Gasteiger partial charge >= 0.3 is 6.09 Å². The van der Waals surface area contributed by atoms with E-state index in [0.29, 0.717) is 18.0 Å². The van der Waals surface area contributed by atoms with E-state index in [1.807, 2.05) is 39.8 Å². The molecular formula is C16H24N2O3. The molecule has 1 atom stereocenters. The molecule has 0 spiro atoms. The minimum Gasteiger partial charge on any atom is -0.495 e. The molecule has 0 saturated heterocycles. The Labute approximate surface area is 126 Å². The van der Waals surface area contributed by atoms with Crippen LogP contribution in [0.5, 0.6) is 5.75 Å². The maximum Gasteiger partial charge on any atom is 0.410 e. The van der Waals surface area contributed by atoms with Crippen molar-refractivity contribution in [2.45, 2.75) is 45.8 Å². The van der Waals surface area contributed by atoms with E-state index in [-0.39, 0.29) is 12.1 Å². The molecule has 0 radical (unpaired) electrons. The van der Waals surface area contributed by atoms with Gasteiger partial charge in [-0.25, -0.2) is 4.79 Å². The van der Waals surface area contributed by atoms with Gasteiger partial charge in [-0.3, -0.25) is 0 Å².